The van der Waals surface area contributed by atoms with Crippen molar-refractivity contribution in [2.24, 2.45) is 11.7 Å². The number of aromatic nitrogens is 2. The van der Waals surface area contributed by atoms with E-state index < -0.39 is 0 Å². The number of rotatable bonds is 3. The molecule has 1 saturated heterocycles. The Bertz CT molecular complexity index is 520. The summed E-state index contributed by atoms with van der Waals surface area (Å²) < 4.78 is 4.99. The fraction of sp³-hybridized carbons (Fsp3) is 0.800. The van der Waals surface area contributed by atoms with E-state index in [2.05, 4.69) is 15.0 Å². The molecule has 1 amide bonds. The zero-order chi connectivity index (χ0) is 15.5. The number of nitrogens with zero attached hydrogens (tertiary/aromatic N) is 4. The lowest BCUT2D eigenvalue weighted by atomic mass is 9.85. The monoisotopic (exact) mass is 379 g/mol. The minimum absolute atomic E-state index is 0. The van der Waals surface area contributed by atoms with Gasteiger partial charge in [0.15, 0.2) is 5.82 Å². The molecule has 2 fully saturated rings. The largest absolute Gasteiger partial charge is 0.340 e. The summed E-state index contributed by atoms with van der Waals surface area (Å²) in [7, 11) is 0. The molecule has 1 aromatic rings. The highest BCUT2D eigenvalue weighted by atomic mass is 35.5. The third kappa shape index (κ3) is 5.31. The van der Waals surface area contributed by atoms with Gasteiger partial charge in [-0.3, -0.25) is 9.69 Å². The molecule has 0 bridgehead atoms. The van der Waals surface area contributed by atoms with Crippen molar-refractivity contribution in [2.45, 2.75) is 45.2 Å². The van der Waals surface area contributed by atoms with Crippen molar-refractivity contribution in [3.05, 3.63) is 11.7 Å². The predicted octanol–water partition coefficient (Wildman–Crippen LogP) is 1.38. The Morgan fingerprint density at radius 2 is 1.96 bits per heavy atom. The summed E-state index contributed by atoms with van der Waals surface area (Å²) in [4.78, 5) is 21.1. The van der Waals surface area contributed by atoms with Crippen LogP contribution in [-0.4, -0.2) is 58.1 Å². The van der Waals surface area contributed by atoms with E-state index in [1.807, 2.05) is 4.90 Å². The second-order valence-electron chi connectivity index (χ2n) is 6.45. The summed E-state index contributed by atoms with van der Waals surface area (Å²) in [6, 6.07) is 0.200. The minimum Gasteiger partial charge on any atom is -0.340 e. The maximum atomic E-state index is 12.6. The van der Waals surface area contributed by atoms with E-state index in [0.29, 0.717) is 18.3 Å². The van der Waals surface area contributed by atoms with Crippen LogP contribution in [-0.2, 0) is 11.3 Å². The SMILES string of the molecule is Cc1nc(CN2CCN(C(=O)C3CCCC(N)C3)CC2)no1.Cl.Cl. The number of amides is 1. The number of carbonyl (C=O) groups is 1. The number of carbonyl (C=O) groups excluding carboxylic acids is 1. The maximum absolute atomic E-state index is 12.6. The van der Waals surface area contributed by atoms with Crippen molar-refractivity contribution in [3.63, 3.8) is 0 Å². The van der Waals surface area contributed by atoms with Crippen LogP contribution in [0.3, 0.4) is 0 Å². The zero-order valence-corrected chi connectivity index (χ0v) is 15.7. The second-order valence-corrected chi connectivity index (χ2v) is 6.45. The molecule has 0 radical (unpaired) electrons. The molecule has 1 aliphatic carbocycles. The van der Waals surface area contributed by atoms with Crippen LogP contribution in [0.2, 0.25) is 0 Å². The highest BCUT2D eigenvalue weighted by Gasteiger charge is 2.30. The maximum Gasteiger partial charge on any atom is 0.225 e. The van der Waals surface area contributed by atoms with Crippen LogP contribution in [0, 0.1) is 12.8 Å². The van der Waals surface area contributed by atoms with Gasteiger partial charge in [0.2, 0.25) is 11.8 Å². The van der Waals surface area contributed by atoms with Crippen molar-refractivity contribution >= 4 is 30.7 Å². The van der Waals surface area contributed by atoms with Crippen molar-refractivity contribution < 1.29 is 9.32 Å². The molecule has 0 aromatic carbocycles. The molecule has 9 heteroatoms. The fourth-order valence-electron chi connectivity index (χ4n) is 3.44. The van der Waals surface area contributed by atoms with Gasteiger partial charge in [-0.15, -0.1) is 24.8 Å². The zero-order valence-electron chi connectivity index (χ0n) is 14.0. The van der Waals surface area contributed by atoms with Gasteiger partial charge in [0.25, 0.3) is 0 Å². The molecule has 1 aliphatic heterocycles. The predicted molar refractivity (Wildman–Crippen MR) is 95.3 cm³/mol. The molecule has 2 aliphatic rings. The molecule has 3 rings (SSSR count). The molecular formula is C15H27Cl2N5O2. The Kier molecular flexibility index (Phi) is 8.42. The van der Waals surface area contributed by atoms with E-state index in [1.54, 1.807) is 6.92 Å². The van der Waals surface area contributed by atoms with E-state index in [1.165, 1.54) is 0 Å². The standard InChI is InChI=1S/C15H25N5O2.2ClH/c1-11-17-14(18-22-11)10-19-5-7-20(8-6-19)15(21)12-3-2-4-13(16)9-12;;/h12-13H,2-10,16H2,1H3;2*1H. The molecular weight excluding hydrogens is 353 g/mol. The van der Waals surface area contributed by atoms with E-state index in [9.17, 15) is 4.79 Å². The van der Waals surface area contributed by atoms with Crippen molar-refractivity contribution in [1.82, 2.24) is 19.9 Å². The molecule has 2 unspecified atom stereocenters. The first-order valence-electron chi connectivity index (χ1n) is 8.17. The first-order valence-corrected chi connectivity index (χ1v) is 8.17. The van der Waals surface area contributed by atoms with Gasteiger partial charge in [0, 0.05) is 45.1 Å². The van der Waals surface area contributed by atoms with Gasteiger partial charge in [-0.2, -0.15) is 4.98 Å². The molecule has 2 heterocycles. The molecule has 7 nitrogen and oxygen atoms in total. The summed E-state index contributed by atoms with van der Waals surface area (Å²) in [5.74, 6) is 1.74. The van der Waals surface area contributed by atoms with E-state index in [-0.39, 0.29) is 36.8 Å². The Morgan fingerprint density at radius 3 is 2.54 bits per heavy atom. The van der Waals surface area contributed by atoms with Crippen molar-refractivity contribution in [3.8, 4) is 0 Å². The van der Waals surface area contributed by atoms with Crippen LogP contribution < -0.4 is 5.73 Å². The lowest BCUT2D eigenvalue weighted by molar-refractivity contribution is -0.138. The average Bonchev–Trinajstić information content (AvgIpc) is 2.92. The van der Waals surface area contributed by atoms with E-state index >= 15 is 0 Å². The van der Waals surface area contributed by atoms with E-state index in [0.717, 1.165) is 57.7 Å². The van der Waals surface area contributed by atoms with Gasteiger partial charge in [-0.05, 0) is 19.3 Å². The van der Waals surface area contributed by atoms with Crippen LogP contribution in [0.15, 0.2) is 4.52 Å². The first kappa shape index (κ1) is 21.2. The van der Waals surface area contributed by atoms with Gasteiger partial charge < -0.3 is 15.2 Å². The van der Waals surface area contributed by atoms with Crippen LogP contribution in [0.1, 0.15) is 37.4 Å². The van der Waals surface area contributed by atoms with Gasteiger partial charge in [0.05, 0.1) is 6.54 Å². The Labute approximate surface area is 155 Å². The number of hydrogen-bond donors (Lipinski definition) is 1. The molecule has 2 atom stereocenters. The molecule has 138 valence electrons. The van der Waals surface area contributed by atoms with E-state index in [4.69, 9.17) is 10.3 Å². The van der Waals surface area contributed by atoms with Gasteiger partial charge in [-0.1, -0.05) is 11.6 Å². The van der Waals surface area contributed by atoms with Crippen LogP contribution in [0.25, 0.3) is 0 Å². The van der Waals surface area contributed by atoms with Gasteiger partial charge in [-0.25, -0.2) is 0 Å². The summed E-state index contributed by atoms with van der Waals surface area (Å²) in [5, 5.41) is 3.92. The van der Waals surface area contributed by atoms with Crippen molar-refractivity contribution in [1.29, 1.82) is 0 Å². The highest BCUT2D eigenvalue weighted by Crippen LogP contribution is 2.25. The summed E-state index contributed by atoms with van der Waals surface area (Å²) in [5.41, 5.74) is 6.00. The summed E-state index contributed by atoms with van der Waals surface area (Å²) in [6.07, 6.45) is 3.98. The summed E-state index contributed by atoms with van der Waals surface area (Å²) >= 11 is 0. The third-order valence-corrected chi connectivity index (χ3v) is 4.68. The topological polar surface area (TPSA) is 88.5 Å². The first-order chi connectivity index (χ1) is 10.6. The second kappa shape index (κ2) is 9.56. The Hall–Kier alpha value is -0.890. The van der Waals surface area contributed by atoms with Crippen LogP contribution >= 0.6 is 24.8 Å². The fourth-order valence-corrected chi connectivity index (χ4v) is 3.44. The van der Waals surface area contributed by atoms with Gasteiger partial charge in [0.1, 0.15) is 0 Å². The molecule has 24 heavy (non-hydrogen) atoms. The summed E-state index contributed by atoms with van der Waals surface area (Å²) in [6.45, 7) is 5.76. The average molecular weight is 380 g/mol. The third-order valence-electron chi connectivity index (χ3n) is 4.68. The molecule has 1 saturated carbocycles. The lowest BCUT2D eigenvalue weighted by Crippen LogP contribution is -2.51. The smallest absolute Gasteiger partial charge is 0.225 e. The normalized spacial score (nSPS) is 24.8. The van der Waals surface area contributed by atoms with Crippen molar-refractivity contribution in [2.75, 3.05) is 26.2 Å². The van der Waals surface area contributed by atoms with Gasteiger partial charge >= 0.3 is 0 Å². The van der Waals surface area contributed by atoms with Crippen LogP contribution in [0.5, 0.6) is 0 Å². The highest BCUT2D eigenvalue weighted by molar-refractivity contribution is 5.85. The number of halogens is 2. The minimum atomic E-state index is 0. The Morgan fingerprint density at radius 1 is 1.25 bits per heavy atom. The molecule has 1 aromatic heterocycles. The number of hydrogen-bond acceptors (Lipinski definition) is 6. The molecule has 0 spiro atoms. The number of nitrogens with two attached hydrogens (primary N) is 1. The van der Waals surface area contributed by atoms with Crippen LogP contribution in [0.4, 0.5) is 0 Å². The quantitative estimate of drug-likeness (QED) is 0.853. The molecule has 2 N–H and O–H groups in total. The number of aryl methyl sites for hydroxylation is 1. The Balaban J connectivity index is 0.00000144. The lowest BCUT2D eigenvalue weighted by Gasteiger charge is -2.37. The number of piperazine rings is 1.